The number of ketones is 1. The second kappa shape index (κ2) is 8.25. The number of benzene rings is 1. The normalized spacial score (nSPS) is 13.3. The molecule has 1 aromatic rings. The number of Topliss-reactive ketones (excluding diaryl/α,β-unsaturated/α-hetero) is 1. The fourth-order valence-corrected chi connectivity index (χ4v) is 3.32. The van der Waals surface area contributed by atoms with Crippen molar-refractivity contribution in [3.63, 3.8) is 0 Å². The van der Waals surface area contributed by atoms with Crippen LogP contribution in [0.15, 0.2) is 18.2 Å². The molecular formula is C20H28O5S. The molecule has 0 aliphatic rings. The van der Waals surface area contributed by atoms with E-state index in [1.807, 2.05) is 39.0 Å². The van der Waals surface area contributed by atoms with Crippen LogP contribution in [0.5, 0.6) is 0 Å². The van der Waals surface area contributed by atoms with Gasteiger partial charge < -0.3 is 10.2 Å². The van der Waals surface area contributed by atoms with Crippen LogP contribution in [-0.4, -0.2) is 38.9 Å². The molecule has 0 saturated carbocycles. The Morgan fingerprint density at radius 2 is 1.58 bits per heavy atom. The molecule has 1 unspecified atom stereocenters. The molecule has 1 aromatic carbocycles. The molecule has 0 spiro atoms. The van der Waals surface area contributed by atoms with Gasteiger partial charge in [-0.2, -0.15) is 0 Å². The third-order valence-electron chi connectivity index (χ3n) is 4.05. The zero-order chi connectivity index (χ0) is 20.3. The van der Waals surface area contributed by atoms with Crippen molar-refractivity contribution < 1.29 is 24.6 Å². The first-order chi connectivity index (χ1) is 11.7. The number of carboxylic acids is 2. The maximum Gasteiger partial charge on any atom is 0.317 e. The topological polar surface area (TPSA) is 91.7 Å². The van der Waals surface area contributed by atoms with Gasteiger partial charge in [-0.15, -0.1) is 11.8 Å². The zero-order valence-corrected chi connectivity index (χ0v) is 17.1. The van der Waals surface area contributed by atoms with Crippen molar-refractivity contribution in [1.82, 2.24) is 0 Å². The summed E-state index contributed by atoms with van der Waals surface area (Å²) in [5.74, 6) is -2.89. The quantitative estimate of drug-likeness (QED) is 0.691. The SMILES string of the molecule is CC(C)(C)c1ccc(C(C)(C)C)c(C(=O)CC(SCC(=O)O)C(=O)O)c1. The molecule has 1 atom stereocenters. The fraction of sp³-hybridized carbons (Fsp3) is 0.550. The minimum absolute atomic E-state index is 0.143. The molecule has 0 radical (unpaired) electrons. The lowest BCUT2D eigenvalue weighted by atomic mass is 9.78. The number of thioether (sulfide) groups is 1. The van der Waals surface area contributed by atoms with Crippen molar-refractivity contribution in [3.8, 4) is 0 Å². The van der Waals surface area contributed by atoms with E-state index < -0.39 is 17.2 Å². The van der Waals surface area contributed by atoms with Crippen LogP contribution in [0.4, 0.5) is 0 Å². The number of carbonyl (C=O) groups is 3. The molecule has 0 saturated heterocycles. The first kappa shape index (κ1) is 22.2. The summed E-state index contributed by atoms with van der Waals surface area (Å²) in [6.07, 6.45) is -0.232. The Kier molecular flexibility index (Phi) is 7.05. The van der Waals surface area contributed by atoms with Gasteiger partial charge >= 0.3 is 11.9 Å². The lowest BCUT2D eigenvalue weighted by Gasteiger charge is -2.26. The predicted octanol–water partition coefficient (Wildman–Crippen LogP) is 4.13. The van der Waals surface area contributed by atoms with E-state index in [2.05, 4.69) is 20.8 Å². The zero-order valence-electron chi connectivity index (χ0n) is 16.3. The van der Waals surface area contributed by atoms with Gasteiger partial charge in [-0.1, -0.05) is 53.7 Å². The lowest BCUT2D eigenvalue weighted by molar-refractivity contribution is -0.136. The molecule has 2 N–H and O–H groups in total. The van der Waals surface area contributed by atoms with Crippen LogP contribution in [0.3, 0.4) is 0 Å². The van der Waals surface area contributed by atoms with E-state index in [1.165, 1.54) is 0 Å². The minimum atomic E-state index is -1.17. The third kappa shape index (κ3) is 6.16. The Morgan fingerprint density at radius 1 is 1.00 bits per heavy atom. The van der Waals surface area contributed by atoms with Crippen molar-refractivity contribution in [3.05, 3.63) is 34.9 Å². The number of hydrogen-bond acceptors (Lipinski definition) is 4. The largest absolute Gasteiger partial charge is 0.481 e. The van der Waals surface area contributed by atoms with Crippen LogP contribution in [0.1, 0.15) is 69.4 Å². The Balaban J connectivity index is 3.26. The van der Waals surface area contributed by atoms with Crippen LogP contribution in [0, 0.1) is 0 Å². The fourth-order valence-electron chi connectivity index (χ4n) is 2.56. The van der Waals surface area contributed by atoms with E-state index in [9.17, 15) is 19.5 Å². The highest BCUT2D eigenvalue weighted by Crippen LogP contribution is 2.32. The highest BCUT2D eigenvalue weighted by molar-refractivity contribution is 8.01. The highest BCUT2D eigenvalue weighted by atomic mass is 32.2. The third-order valence-corrected chi connectivity index (χ3v) is 5.23. The van der Waals surface area contributed by atoms with Crippen LogP contribution in [0.2, 0.25) is 0 Å². The summed E-state index contributed by atoms with van der Waals surface area (Å²) >= 11 is 0.764. The molecule has 5 nitrogen and oxygen atoms in total. The van der Waals surface area contributed by atoms with Gasteiger partial charge in [-0.3, -0.25) is 14.4 Å². The van der Waals surface area contributed by atoms with Crippen molar-refractivity contribution >= 4 is 29.5 Å². The monoisotopic (exact) mass is 380 g/mol. The number of hydrogen-bond donors (Lipinski definition) is 2. The summed E-state index contributed by atoms with van der Waals surface area (Å²) < 4.78 is 0. The number of aliphatic carboxylic acids is 2. The molecule has 0 heterocycles. The number of carboxylic acid groups (broad SMARTS) is 2. The maximum absolute atomic E-state index is 12.9. The number of rotatable bonds is 7. The second-order valence-electron chi connectivity index (χ2n) is 8.42. The molecule has 0 aliphatic carbocycles. The Bertz CT molecular complexity index is 695. The standard InChI is InChI=1S/C20H28O5S/c1-19(2,3)12-7-8-14(20(4,5)6)13(9-12)15(21)10-16(18(24)25)26-11-17(22)23/h7-9,16H,10-11H2,1-6H3,(H,22,23)(H,24,25). The molecule has 0 fully saturated rings. The van der Waals surface area contributed by atoms with Gasteiger partial charge in [0.25, 0.3) is 0 Å². The minimum Gasteiger partial charge on any atom is -0.481 e. The van der Waals surface area contributed by atoms with Gasteiger partial charge in [-0.25, -0.2) is 0 Å². The molecular weight excluding hydrogens is 352 g/mol. The van der Waals surface area contributed by atoms with Crippen molar-refractivity contribution in [2.45, 2.75) is 64.0 Å². The van der Waals surface area contributed by atoms with Gasteiger partial charge in [0.2, 0.25) is 0 Å². The van der Waals surface area contributed by atoms with E-state index in [4.69, 9.17) is 5.11 Å². The van der Waals surface area contributed by atoms with Crippen molar-refractivity contribution in [1.29, 1.82) is 0 Å². The summed E-state index contributed by atoms with van der Waals surface area (Å²) in [7, 11) is 0. The molecule has 0 amide bonds. The molecule has 0 aromatic heterocycles. The predicted molar refractivity (Wildman–Crippen MR) is 104 cm³/mol. The van der Waals surface area contributed by atoms with Gasteiger partial charge in [-0.05, 0) is 28.0 Å². The van der Waals surface area contributed by atoms with Crippen LogP contribution in [-0.2, 0) is 20.4 Å². The first-order valence-electron chi connectivity index (χ1n) is 8.48. The average Bonchev–Trinajstić information content (AvgIpc) is 2.48. The van der Waals surface area contributed by atoms with Gasteiger partial charge in [0.15, 0.2) is 5.78 Å². The summed E-state index contributed by atoms with van der Waals surface area (Å²) in [4.78, 5) is 35.1. The maximum atomic E-state index is 12.9. The van der Waals surface area contributed by atoms with Crippen LogP contribution < -0.4 is 0 Å². The summed E-state index contributed by atoms with van der Waals surface area (Å²) in [5, 5.41) is 17.0. The van der Waals surface area contributed by atoms with E-state index in [-0.39, 0.29) is 28.8 Å². The highest BCUT2D eigenvalue weighted by Gasteiger charge is 2.28. The van der Waals surface area contributed by atoms with Crippen molar-refractivity contribution in [2.24, 2.45) is 0 Å². The smallest absolute Gasteiger partial charge is 0.317 e. The Labute approximate surface area is 159 Å². The van der Waals surface area contributed by atoms with Crippen LogP contribution >= 0.6 is 11.8 Å². The molecule has 144 valence electrons. The van der Waals surface area contributed by atoms with Gasteiger partial charge in [0, 0.05) is 12.0 Å². The summed E-state index contributed by atoms with van der Waals surface area (Å²) in [5.41, 5.74) is 1.97. The summed E-state index contributed by atoms with van der Waals surface area (Å²) in [6, 6.07) is 5.79. The van der Waals surface area contributed by atoms with Gasteiger partial charge in [0.1, 0.15) is 5.25 Å². The molecule has 6 heteroatoms. The van der Waals surface area contributed by atoms with E-state index >= 15 is 0 Å². The average molecular weight is 381 g/mol. The Hall–Kier alpha value is -1.82. The van der Waals surface area contributed by atoms with E-state index in [0.717, 1.165) is 22.9 Å². The van der Waals surface area contributed by atoms with Crippen molar-refractivity contribution in [2.75, 3.05) is 5.75 Å². The second-order valence-corrected chi connectivity index (χ2v) is 9.61. The molecule has 0 bridgehead atoms. The molecule has 0 aliphatic heterocycles. The lowest BCUT2D eigenvalue weighted by Crippen LogP contribution is -2.25. The van der Waals surface area contributed by atoms with Crippen LogP contribution in [0.25, 0.3) is 0 Å². The summed E-state index contributed by atoms with van der Waals surface area (Å²) in [6.45, 7) is 12.2. The first-order valence-corrected chi connectivity index (χ1v) is 9.52. The van der Waals surface area contributed by atoms with Gasteiger partial charge in [0.05, 0.1) is 5.75 Å². The van der Waals surface area contributed by atoms with E-state index in [1.54, 1.807) is 0 Å². The Morgan fingerprint density at radius 3 is 2.00 bits per heavy atom. The van der Waals surface area contributed by atoms with E-state index in [0.29, 0.717) is 5.56 Å². The number of carbonyl (C=O) groups excluding carboxylic acids is 1. The molecule has 26 heavy (non-hydrogen) atoms. The molecule has 1 rings (SSSR count).